The van der Waals surface area contributed by atoms with Crippen LogP contribution in [0.4, 0.5) is 5.82 Å². The van der Waals surface area contributed by atoms with Crippen LogP contribution < -0.4 is 4.90 Å². The van der Waals surface area contributed by atoms with Gasteiger partial charge in [-0.15, -0.1) is 0 Å². The van der Waals surface area contributed by atoms with Crippen molar-refractivity contribution in [3.63, 3.8) is 0 Å². The molecule has 1 fully saturated rings. The Bertz CT molecular complexity index is 964. The monoisotopic (exact) mass is 346 g/mol. The predicted octanol–water partition coefficient (Wildman–Crippen LogP) is 1.65. The molecule has 0 saturated carbocycles. The third-order valence-corrected chi connectivity index (χ3v) is 4.67. The highest BCUT2D eigenvalue weighted by Gasteiger charge is 2.22. The van der Waals surface area contributed by atoms with E-state index in [0.29, 0.717) is 25.2 Å². The zero-order chi connectivity index (χ0) is 17.9. The summed E-state index contributed by atoms with van der Waals surface area (Å²) in [4.78, 5) is 25.3. The van der Waals surface area contributed by atoms with Crippen LogP contribution in [0.15, 0.2) is 48.9 Å². The molecule has 1 amide bonds. The minimum absolute atomic E-state index is 0.0978. The topological polar surface area (TPSA) is 78.0 Å². The smallest absolute Gasteiger partial charge is 0.242 e. The van der Waals surface area contributed by atoms with Crippen LogP contribution in [0.3, 0.4) is 0 Å². The van der Waals surface area contributed by atoms with E-state index < -0.39 is 0 Å². The van der Waals surface area contributed by atoms with Crippen molar-refractivity contribution in [2.45, 2.75) is 6.54 Å². The van der Waals surface area contributed by atoms with Gasteiger partial charge in [-0.1, -0.05) is 12.1 Å². The van der Waals surface area contributed by atoms with E-state index in [1.807, 2.05) is 39.8 Å². The molecule has 1 aliphatic rings. The predicted molar refractivity (Wildman–Crippen MR) is 97.5 cm³/mol. The average Bonchev–Trinajstić information content (AvgIpc) is 3.11. The number of rotatable bonds is 3. The fourth-order valence-corrected chi connectivity index (χ4v) is 3.21. The summed E-state index contributed by atoms with van der Waals surface area (Å²) < 4.78 is 1.90. The van der Waals surface area contributed by atoms with Gasteiger partial charge in [0.25, 0.3) is 0 Å². The molecule has 0 radical (unpaired) electrons. The molecule has 0 spiro atoms. The maximum atomic E-state index is 12.6. The first-order valence-electron chi connectivity index (χ1n) is 8.53. The third kappa shape index (κ3) is 3.09. The van der Waals surface area contributed by atoms with Crippen molar-refractivity contribution in [3.05, 3.63) is 54.5 Å². The van der Waals surface area contributed by atoms with Gasteiger partial charge in [0.05, 0.1) is 22.9 Å². The molecular weight excluding hydrogens is 328 g/mol. The molecule has 4 rings (SSSR count). The van der Waals surface area contributed by atoms with E-state index in [9.17, 15) is 4.79 Å². The van der Waals surface area contributed by atoms with Crippen LogP contribution in [0.2, 0.25) is 0 Å². The van der Waals surface area contributed by atoms with Crippen LogP contribution in [0.25, 0.3) is 11.0 Å². The second-order valence-corrected chi connectivity index (χ2v) is 6.25. The molecule has 1 aromatic carbocycles. The van der Waals surface area contributed by atoms with Crippen molar-refractivity contribution in [3.8, 4) is 6.07 Å². The molecule has 7 nitrogen and oxygen atoms in total. The minimum atomic E-state index is 0.0978. The molecule has 3 heterocycles. The summed E-state index contributed by atoms with van der Waals surface area (Å²) in [7, 11) is 0. The molecule has 0 atom stereocenters. The Labute approximate surface area is 151 Å². The zero-order valence-electron chi connectivity index (χ0n) is 14.2. The quantitative estimate of drug-likeness (QED) is 0.721. The lowest BCUT2D eigenvalue weighted by atomic mass is 10.2. The Morgan fingerprint density at radius 2 is 1.88 bits per heavy atom. The van der Waals surface area contributed by atoms with Gasteiger partial charge in [-0.25, -0.2) is 9.97 Å². The number of hydrogen-bond donors (Lipinski definition) is 0. The number of pyridine rings is 1. The molecule has 0 unspecified atom stereocenters. The highest BCUT2D eigenvalue weighted by Crippen LogP contribution is 2.15. The van der Waals surface area contributed by atoms with E-state index in [1.165, 1.54) is 0 Å². The largest absolute Gasteiger partial charge is 0.353 e. The Morgan fingerprint density at radius 3 is 2.62 bits per heavy atom. The highest BCUT2D eigenvalue weighted by molar-refractivity contribution is 5.80. The number of piperazine rings is 1. The summed E-state index contributed by atoms with van der Waals surface area (Å²) in [6.07, 6.45) is 3.30. The van der Waals surface area contributed by atoms with Gasteiger partial charge in [-0.05, 0) is 24.3 Å². The highest BCUT2D eigenvalue weighted by atomic mass is 16.2. The molecular formula is C19H18N6O. The van der Waals surface area contributed by atoms with Crippen molar-refractivity contribution in [1.29, 1.82) is 5.26 Å². The number of hydrogen-bond acceptors (Lipinski definition) is 5. The van der Waals surface area contributed by atoms with Crippen molar-refractivity contribution >= 4 is 22.8 Å². The number of benzene rings is 1. The second-order valence-electron chi connectivity index (χ2n) is 6.25. The van der Waals surface area contributed by atoms with Crippen LogP contribution >= 0.6 is 0 Å². The third-order valence-electron chi connectivity index (χ3n) is 4.67. The molecule has 2 aromatic heterocycles. The zero-order valence-corrected chi connectivity index (χ0v) is 14.2. The molecule has 0 bridgehead atoms. The van der Waals surface area contributed by atoms with Gasteiger partial charge < -0.3 is 14.4 Å². The summed E-state index contributed by atoms with van der Waals surface area (Å²) >= 11 is 0. The number of anilines is 1. The lowest BCUT2D eigenvalue weighted by Gasteiger charge is -2.35. The second kappa shape index (κ2) is 6.84. The molecule has 1 saturated heterocycles. The molecule has 0 N–H and O–H groups in total. The van der Waals surface area contributed by atoms with Crippen molar-refractivity contribution in [2.24, 2.45) is 0 Å². The van der Waals surface area contributed by atoms with E-state index in [0.717, 1.165) is 29.9 Å². The molecule has 1 aliphatic heterocycles. The first-order valence-corrected chi connectivity index (χ1v) is 8.53. The van der Waals surface area contributed by atoms with E-state index in [1.54, 1.807) is 18.6 Å². The van der Waals surface area contributed by atoms with Crippen molar-refractivity contribution < 1.29 is 4.79 Å². The number of imidazole rings is 1. The van der Waals surface area contributed by atoms with Gasteiger partial charge in [-0.2, -0.15) is 5.26 Å². The first kappa shape index (κ1) is 16.1. The van der Waals surface area contributed by atoms with Gasteiger partial charge in [0, 0.05) is 32.4 Å². The summed E-state index contributed by atoms with van der Waals surface area (Å²) in [6, 6.07) is 13.5. The van der Waals surface area contributed by atoms with Gasteiger partial charge in [-0.3, -0.25) is 4.79 Å². The average molecular weight is 346 g/mol. The standard InChI is InChI=1S/C19H18N6O/c20-11-15-5-6-18(21-12-15)23-7-9-24(10-8-23)19(26)13-25-14-22-16-3-1-2-4-17(16)25/h1-6,12,14H,7-10,13H2. The normalized spacial score (nSPS) is 14.4. The van der Waals surface area contributed by atoms with Crippen LogP contribution in [0.5, 0.6) is 0 Å². The lowest BCUT2D eigenvalue weighted by molar-refractivity contribution is -0.132. The summed E-state index contributed by atoms with van der Waals surface area (Å²) in [5, 5.41) is 8.85. The number of nitrogens with zero attached hydrogens (tertiary/aromatic N) is 6. The van der Waals surface area contributed by atoms with E-state index in [2.05, 4.69) is 20.9 Å². The van der Waals surface area contributed by atoms with E-state index in [4.69, 9.17) is 5.26 Å². The van der Waals surface area contributed by atoms with Gasteiger partial charge in [0.15, 0.2) is 0 Å². The summed E-state index contributed by atoms with van der Waals surface area (Å²) in [6.45, 7) is 3.08. The van der Waals surface area contributed by atoms with Crippen LogP contribution in [-0.4, -0.2) is 51.5 Å². The van der Waals surface area contributed by atoms with Gasteiger partial charge in [0.1, 0.15) is 18.4 Å². The fourth-order valence-electron chi connectivity index (χ4n) is 3.21. The number of para-hydroxylation sites is 2. The molecule has 26 heavy (non-hydrogen) atoms. The number of nitriles is 1. The van der Waals surface area contributed by atoms with Crippen molar-refractivity contribution in [1.82, 2.24) is 19.4 Å². The Balaban J connectivity index is 1.38. The Hall–Kier alpha value is -3.40. The number of amides is 1. The number of carbonyl (C=O) groups is 1. The number of carbonyl (C=O) groups excluding carboxylic acids is 1. The maximum Gasteiger partial charge on any atom is 0.242 e. The van der Waals surface area contributed by atoms with Crippen LogP contribution in [0.1, 0.15) is 5.56 Å². The fraction of sp³-hybridized carbons (Fsp3) is 0.263. The summed E-state index contributed by atoms with van der Waals surface area (Å²) in [5.74, 6) is 0.942. The van der Waals surface area contributed by atoms with E-state index >= 15 is 0 Å². The number of aromatic nitrogens is 3. The van der Waals surface area contributed by atoms with Crippen LogP contribution in [0, 0.1) is 11.3 Å². The minimum Gasteiger partial charge on any atom is -0.353 e. The lowest BCUT2D eigenvalue weighted by Crippen LogP contribution is -2.49. The van der Waals surface area contributed by atoms with Gasteiger partial charge in [0.2, 0.25) is 5.91 Å². The van der Waals surface area contributed by atoms with Crippen molar-refractivity contribution in [2.75, 3.05) is 31.1 Å². The Kier molecular flexibility index (Phi) is 4.23. The van der Waals surface area contributed by atoms with Gasteiger partial charge >= 0.3 is 0 Å². The Morgan fingerprint density at radius 1 is 1.08 bits per heavy atom. The summed E-state index contributed by atoms with van der Waals surface area (Å²) in [5.41, 5.74) is 2.42. The van der Waals surface area contributed by atoms with Crippen LogP contribution in [-0.2, 0) is 11.3 Å². The molecule has 7 heteroatoms. The molecule has 0 aliphatic carbocycles. The maximum absolute atomic E-state index is 12.6. The molecule has 3 aromatic rings. The molecule has 130 valence electrons. The van der Waals surface area contributed by atoms with E-state index in [-0.39, 0.29) is 5.91 Å². The SMILES string of the molecule is N#Cc1ccc(N2CCN(C(=O)Cn3cnc4ccccc43)CC2)nc1. The first-order chi connectivity index (χ1) is 12.7. The number of fused-ring (bicyclic) bond motifs is 1.